The lowest BCUT2D eigenvalue weighted by Gasteiger charge is -2.18. The average Bonchev–Trinajstić information content (AvgIpc) is 3.02. The van der Waals surface area contributed by atoms with E-state index in [1.54, 1.807) is 6.20 Å². The van der Waals surface area contributed by atoms with Gasteiger partial charge >= 0.3 is 0 Å². The molecule has 0 fully saturated rings. The Morgan fingerprint density at radius 3 is 2.54 bits per heavy atom. The summed E-state index contributed by atoms with van der Waals surface area (Å²) in [6.45, 7) is 5.65. The van der Waals surface area contributed by atoms with Crippen molar-refractivity contribution in [2.75, 3.05) is 10.6 Å². The summed E-state index contributed by atoms with van der Waals surface area (Å²) < 4.78 is 0. The first kappa shape index (κ1) is 18.0. The van der Waals surface area contributed by atoms with Crippen molar-refractivity contribution in [3.8, 4) is 11.3 Å². The fourth-order valence-corrected chi connectivity index (χ4v) is 2.58. The molecule has 26 heavy (non-hydrogen) atoms. The highest BCUT2D eigenvalue weighted by molar-refractivity contribution is 6.30. The lowest BCUT2D eigenvalue weighted by atomic mass is 9.95. The van der Waals surface area contributed by atoms with Gasteiger partial charge in [-0.1, -0.05) is 50.6 Å². The zero-order valence-corrected chi connectivity index (χ0v) is 15.7. The number of benzene rings is 2. The van der Waals surface area contributed by atoms with E-state index in [2.05, 4.69) is 20.8 Å². The summed E-state index contributed by atoms with van der Waals surface area (Å²) in [4.78, 5) is 12.2. The van der Waals surface area contributed by atoms with Crippen molar-refractivity contribution in [1.82, 2.24) is 10.2 Å². The molecule has 5 nitrogen and oxygen atoms in total. The quantitative estimate of drug-likeness (QED) is 0.572. The highest BCUT2D eigenvalue weighted by Gasteiger charge is 2.21. The van der Waals surface area contributed by atoms with Crippen molar-refractivity contribution in [2.24, 2.45) is 5.41 Å². The largest absolute Gasteiger partial charge is 0.352 e. The molecule has 0 saturated heterocycles. The standard InChI is InChI=1S/C20H21ClN4O/c1-20(2,3)19(26)24-15-8-4-6-13(10-15)18-17(12-22-25-18)23-16-9-5-7-14(21)11-16/h4-12,23H,1-3H3,(H,22,25)(H,24,26). The molecule has 0 saturated carbocycles. The monoisotopic (exact) mass is 368 g/mol. The molecule has 2 aromatic carbocycles. The van der Waals surface area contributed by atoms with E-state index in [1.807, 2.05) is 69.3 Å². The van der Waals surface area contributed by atoms with E-state index < -0.39 is 5.41 Å². The number of nitrogens with zero attached hydrogens (tertiary/aromatic N) is 1. The molecule has 0 aliphatic carbocycles. The summed E-state index contributed by atoms with van der Waals surface area (Å²) in [7, 11) is 0. The molecule has 3 aromatic rings. The molecule has 0 spiro atoms. The van der Waals surface area contributed by atoms with Gasteiger partial charge in [-0.3, -0.25) is 9.89 Å². The Labute approximate surface area is 157 Å². The number of carbonyl (C=O) groups is 1. The first-order chi connectivity index (χ1) is 12.3. The third-order valence-electron chi connectivity index (χ3n) is 3.83. The number of anilines is 3. The Bertz CT molecular complexity index is 927. The molecule has 0 radical (unpaired) electrons. The second-order valence-corrected chi connectivity index (χ2v) is 7.52. The number of aromatic nitrogens is 2. The van der Waals surface area contributed by atoms with Gasteiger partial charge in [0.1, 0.15) is 0 Å². The first-order valence-corrected chi connectivity index (χ1v) is 8.68. The van der Waals surface area contributed by atoms with Gasteiger partial charge in [-0.25, -0.2) is 0 Å². The Balaban J connectivity index is 1.85. The van der Waals surface area contributed by atoms with E-state index in [0.29, 0.717) is 5.02 Å². The maximum atomic E-state index is 12.2. The summed E-state index contributed by atoms with van der Waals surface area (Å²) in [6, 6.07) is 15.1. The topological polar surface area (TPSA) is 69.8 Å². The molecule has 1 aromatic heterocycles. The zero-order chi connectivity index (χ0) is 18.7. The number of amides is 1. The number of H-pyrrole nitrogens is 1. The third kappa shape index (κ3) is 4.24. The molecule has 3 N–H and O–H groups in total. The van der Waals surface area contributed by atoms with Crippen molar-refractivity contribution in [1.29, 1.82) is 0 Å². The molecular weight excluding hydrogens is 348 g/mol. The van der Waals surface area contributed by atoms with Crippen LogP contribution in [0.25, 0.3) is 11.3 Å². The predicted octanol–water partition coefficient (Wildman–Crippen LogP) is 5.46. The number of hydrogen-bond acceptors (Lipinski definition) is 3. The van der Waals surface area contributed by atoms with Gasteiger partial charge < -0.3 is 10.6 Å². The lowest BCUT2D eigenvalue weighted by Crippen LogP contribution is -2.27. The molecule has 1 heterocycles. The Hall–Kier alpha value is -2.79. The van der Waals surface area contributed by atoms with Crippen LogP contribution in [0, 0.1) is 5.41 Å². The van der Waals surface area contributed by atoms with E-state index in [9.17, 15) is 4.79 Å². The molecule has 6 heteroatoms. The van der Waals surface area contributed by atoms with Gasteiger partial charge in [-0.15, -0.1) is 0 Å². The van der Waals surface area contributed by atoms with Crippen molar-refractivity contribution < 1.29 is 4.79 Å². The third-order valence-corrected chi connectivity index (χ3v) is 4.07. The van der Waals surface area contributed by atoms with Crippen LogP contribution in [0.3, 0.4) is 0 Å². The van der Waals surface area contributed by atoms with Crippen LogP contribution < -0.4 is 10.6 Å². The number of hydrogen-bond donors (Lipinski definition) is 3. The van der Waals surface area contributed by atoms with Gasteiger partial charge in [0.15, 0.2) is 0 Å². The Morgan fingerprint density at radius 1 is 1.08 bits per heavy atom. The van der Waals surface area contributed by atoms with Crippen LogP contribution >= 0.6 is 11.6 Å². The molecule has 0 atom stereocenters. The van der Waals surface area contributed by atoms with Gasteiger partial charge in [0.25, 0.3) is 0 Å². The molecule has 0 bridgehead atoms. The second-order valence-electron chi connectivity index (χ2n) is 7.08. The highest BCUT2D eigenvalue weighted by atomic mass is 35.5. The summed E-state index contributed by atoms with van der Waals surface area (Å²) in [6.07, 6.45) is 1.72. The minimum Gasteiger partial charge on any atom is -0.352 e. The van der Waals surface area contributed by atoms with E-state index in [0.717, 1.165) is 28.3 Å². The zero-order valence-electron chi connectivity index (χ0n) is 14.9. The van der Waals surface area contributed by atoms with E-state index in [-0.39, 0.29) is 5.91 Å². The first-order valence-electron chi connectivity index (χ1n) is 8.31. The molecule has 3 rings (SSSR count). The average molecular weight is 369 g/mol. The van der Waals surface area contributed by atoms with Crippen molar-refractivity contribution in [3.63, 3.8) is 0 Å². The SMILES string of the molecule is CC(C)(C)C(=O)Nc1cccc(-c2[nH]ncc2Nc2cccc(Cl)c2)c1. The van der Waals surface area contributed by atoms with Gasteiger partial charge in [0.2, 0.25) is 5.91 Å². The maximum absolute atomic E-state index is 12.2. The van der Waals surface area contributed by atoms with Crippen LogP contribution in [0.2, 0.25) is 5.02 Å². The van der Waals surface area contributed by atoms with E-state index in [4.69, 9.17) is 11.6 Å². The van der Waals surface area contributed by atoms with Gasteiger partial charge in [-0.05, 0) is 30.3 Å². The fraction of sp³-hybridized carbons (Fsp3) is 0.200. The summed E-state index contributed by atoms with van der Waals surface area (Å²) in [5.41, 5.74) is 3.73. The van der Waals surface area contributed by atoms with Crippen LogP contribution in [0.1, 0.15) is 20.8 Å². The summed E-state index contributed by atoms with van der Waals surface area (Å²) in [5, 5.41) is 14.1. The number of aromatic amines is 1. The fourth-order valence-electron chi connectivity index (χ4n) is 2.39. The van der Waals surface area contributed by atoms with Gasteiger partial charge in [0.05, 0.1) is 17.6 Å². The number of rotatable bonds is 4. The Morgan fingerprint density at radius 2 is 1.81 bits per heavy atom. The smallest absolute Gasteiger partial charge is 0.229 e. The van der Waals surface area contributed by atoms with Gasteiger partial charge in [-0.2, -0.15) is 5.10 Å². The molecule has 134 valence electrons. The molecule has 0 unspecified atom stereocenters. The number of halogens is 1. The van der Waals surface area contributed by atoms with Crippen LogP contribution in [0.5, 0.6) is 0 Å². The van der Waals surface area contributed by atoms with Crippen LogP contribution in [-0.2, 0) is 4.79 Å². The maximum Gasteiger partial charge on any atom is 0.229 e. The summed E-state index contributed by atoms with van der Waals surface area (Å²) in [5.74, 6) is -0.0310. The second kappa shape index (κ2) is 7.22. The normalized spacial score (nSPS) is 11.2. The molecule has 1 amide bonds. The highest BCUT2D eigenvalue weighted by Crippen LogP contribution is 2.30. The minimum absolute atomic E-state index is 0.0310. The lowest BCUT2D eigenvalue weighted by molar-refractivity contribution is -0.123. The molecule has 0 aliphatic rings. The van der Waals surface area contributed by atoms with Crippen molar-refractivity contribution in [2.45, 2.75) is 20.8 Å². The van der Waals surface area contributed by atoms with E-state index in [1.165, 1.54) is 0 Å². The molecule has 0 aliphatic heterocycles. The van der Waals surface area contributed by atoms with Crippen LogP contribution in [0.4, 0.5) is 17.1 Å². The number of nitrogens with one attached hydrogen (secondary N) is 3. The number of carbonyl (C=O) groups excluding carboxylic acids is 1. The van der Waals surface area contributed by atoms with Crippen LogP contribution in [0.15, 0.2) is 54.7 Å². The minimum atomic E-state index is -0.455. The van der Waals surface area contributed by atoms with Crippen molar-refractivity contribution in [3.05, 3.63) is 59.8 Å². The predicted molar refractivity (Wildman–Crippen MR) is 107 cm³/mol. The van der Waals surface area contributed by atoms with Gasteiger partial charge in [0, 0.05) is 27.4 Å². The summed E-state index contributed by atoms with van der Waals surface area (Å²) >= 11 is 6.04. The van der Waals surface area contributed by atoms with Crippen molar-refractivity contribution >= 4 is 34.6 Å². The Kier molecular flexibility index (Phi) is 5.00. The van der Waals surface area contributed by atoms with Crippen LogP contribution in [-0.4, -0.2) is 16.1 Å². The molecular formula is C20H21ClN4O. The van der Waals surface area contributed by atoms with E-state index >= 15 is 0 Å².